The Bertz CT molecular complexity index is 1290. The number of ether oxygens (including phenoxy) is 1. The van der Waals surface area contributed by atoms with Crippen LogP contribution in [0.4, 0.5) is 5.13 Å². The molecule has 1 fully saturated rings. The summed E-state index contributed by atoms with van der Waals surface area (Å²) in [7, 11) is 0. The first kappa shape index (κ1) is 21.0. The molecule has 1 N–H and O–H groups in total. The van der Waals surface area contributed by atoms with Crippen molar-refractivity contribution in [2.75, 3.05) is 4.90 Å². The molecule has 1 saturated heterocycles. The molecular weight excluding hydrogens is 471 g/mol. The molecule has 0 aliphatic carbocycles. The number of amides is 1. The zero-order valence-corrected chi connectivity index (χ0v) is 19.0. The van der Waals surface area contributed by atoms with Gasteiger partial charge in [-0.05, 0) is 48.4 Å². The Kier molecular flexibility index (Phi) is 5.20. The monoisotopic (exact) mass is 486 g/mol. The molecule has 1 amide bonds. The van der Waals surface area contributed by atoms with Crippen LogP contribution in [0, 0.1) is 0 Å². The van der Waals surface area contributed by atoms with E-state index < -0.39 is 17.7 Å². The Labute approximate surface area is 197 Å². The van der Waals surface area contributed by atoms with Gasteiger partial charge < -0.3 is 9.84 Å². The summed E-state index contributed by atoms with van der Waals surface area (Å²) in [5.74, 6) is -1.08. The summed E-state index contributed by atoms with van der Waals surface area (Å²) in [5.41, 5.74) is 1.87. The van der Waals surface area contributed by atoms with Crippen molar-refractivity contribution in [3.63, 3.8) is 0 Å². The molecule has 2 atom stereocenters. The maximum Gasteiger partial charge on any atom is 0.301 e. The number of rotatable bonds is 3. The largest absolute Gasteiger partial charge is 0.507 e. The molecule has 2 aromatic carbocycles. The van der Waals surface area contributed by atoms with Gasteiger partial charge in [-0.15, -0.1) is 11.3 Å². The Balaban J connectivity index is 1.70. The maximum atomic E-state index is 13.1. The molecular formula is C23H16Cl2N2O4S. The van der Waals surface area contributed by atoms with Gasteiger partial charge in [-0.1, -0.05) is 29.3 Å². The fraction of sp³-hybridized carbons (Fsp3) is 0.174. The smallest absolute Gasteiger partial charge is 0.301 e. The summed E-state index contributed by atoms with van der Waals surface area (Å²) in [6.45, 7) is 1.96. The molecule has 2 aliphatic rings. The summed E-state index contributed by atoms with van der Waals surface area (Å²) in [4.78, 5) is 31.7. The predicted octanol–water partition coefficient (Wildman–Crippen LogP) is 5.40. The molecule has 0 radical (unpaired) electrons. The van der Waals surface area contributed by atoms with Crippen molar-refractivity contribution in [1.82, 2.24) is 4.98 Å². The van der Waals surface area contributed by atoms with Crippen molar-refractivity contribution in [3.05, 3.63) is 80.3 Å². The standard InChI is InChI=1S/C23H16Cl2N2O4S/c1-11-8-14-9-13(3-5-17(14)31-11)20(28)18-19(12-2-4-15(24)16(25)10-12)27(22(30)21(18)29)23-26-6-7-32-23/h2-7,9-11,19,28H,8H2,1H3/t11-,19+/m0/s1. The van der Waals surface area contributed by atoms with E-state index in [1.165, 1.54) is 16.2 Å². The van der Waals surface area contributed by atoms with E-state index in [9.17, 15) is 14.7 Å². The highest BCUT2D eigenvalue weighted by molar-refractivity contribution is 7.14. The van der Waals surface area contributed by atoms with Crippen LogP contribution in [0.3, 0.4) is 0 Å². The number of halogens is 2. The summed E-state index contributed by atoms with van der Waals surface area (Å²) in [6.07, 6.45) is 2.28. The number of fused-ring (bicyclic) bond motifs is 1. The number of hydrogen-bond acceptors (Lipinski definition) is 6. The van der Waals surface area contributed by atoms with Gasteiger partial charge in [-0.3, -0.25) is 14.5 Å². The van der Waals surface area contributed by atoms with Crippen molar-refractivity contribution in [2.45, 2.75) is 25.5 Å². The molecule has 6 nitrogen and oxygen atoms in total. The average Bonchev–Trinajstić information content (AvgIpc) is 3.47. The zero-order chi connectivity index (χ0) is 22.6. The second-order valence-corrected chi connectivity index (χ2v) is 9.30. The summed E-state index contributed by atoms with van der Waals surface area (Å²) in [6, 6.07) is 9.18. The zero-order valence-electron chi connectivity index (χ0n) is 16.7. The van der Waals surface area contributed by atoms with Crippen LogP contribution < -0.4 is 9.64 Å². The lowest BCUT2D eigenvalue weighted by Gasteiger charge is -2.23. The van der Waals surface area contributed by atoms with E-state index in [4.69, 9.17) is 27.9 Å². The summed E-state index contributed by atoms with van der Waals surface area (Å²) >= 11 is 13.5. The van der Waals surface area contributed by atoms with Crippen LogP contribution in [0.5, 0.6) is 5.75 Å². The molecule has 3 heterocycles. The lowest BCUT2D eigenvalue weighted by atomic mass is 9.94. The second-order valence-electron chi connectivity index (χ2n) is 7.61. The fourth-order valence-corrected chi connectivity index (χ4v) is 5.06. The minimum Gasteiger partial charge on any atom is -0.507 e. The van der Waals surface area contributed by atoms with Gasteiger partial charge in [0.2, 0.25) is 0 Å². The first-order valence-corrected chi connectivity index (χ1v) is 11.4. The molecule has 162 valence electrons. The molecule has 2 aliphatic heterocycles. The maximum absolute atomic E-state index is 13.1. The second kappa shape index (κ2) is 7.92. The minimum absolute atomic E-state index is 0.0319. The lowest BCUT2D eigenvalue weighted by Crippen LogP contribution is -2.29. The van der Waals surface area contributed by atoms with Crippen molar-refractivity contribution in [2.24, 2.45) is 0 Å². The van der Waals surface area contributed by atoms with Crippen LogP contribution in [0.2, 0.25) is 10.0 Å². The SMILES string of the molecule is C[C@H]1Cc2cc(C(O)=C3C(=O)C(=O)N(c4nccs4)[C@@H]3c3ccc(Cl)c(Cl)c3)ccc2O1. The molecule has 1 aromatic heterocycles. The number of carbonyl (C=O) groups is 2. The summed E-state index contributed by atoms with van der Waals surface area (Å²) < 4.78 is 5.72. The van der Waals surface area contributed by atoms with E-state index in [1.807, 2.05) is 6.92 Å². The number of nitrogens with zero attached hydrogens (tertiary/aromatic N) is 2. The Morgan fingerprint density at radius 1 is 1.19 bits per heavy atom. The van der Waals surface area contributed by atoms with E-state index in [2.05, 4.69) is 4.98 Å². The fourth-order valence-electron chi connectivity index (χ4n) is 4.09. The van der Waals surface area contributed by atoms with Crippen LogP contribution in [0.15, 0.2) is 53.5 Å². The first-order chi connectivity index (χ1) is 15.3. The van der Waals surface area contributed by atoms with Crippen molar-refractivity contribution in [1.29, 1.82) is 0 Å². The van der Waals surface area contributed by atoms with Gasteiger partial charge in [0.15, 0.2) is 5.13 Å². The van der Waals surface area contributed by atoms with E-state index in [0.717, 1.165) is 11.3 Å². The number of aromatic nitrogens is 1. The molecule has 5 rings (SSSR count). The first-order valence-electron chi connectivity index (χ1n) is 9.80. The normalized spacial score (nSPS) is 21.7. The van der Waals surface area contributed by atoms with Crippen molar-refractivity contribution >= 4 is 57.1 Å². The van der Waals surface area contributed by atoms with Gasteiger partial charge in [0, 0.05) is 23.6 Å². The van der Waals surface area contributed by atoms with E-state index in [-0.39, 0.29) is 22.5 Å². The molecule has 32 heavy (non-hydrogen) atoms. The van der Waals surface area contributed by atoms with E-state index in [1.54, 1.807) is 48.0 Å². The quantitative estimate of drug-likeness (QED) is 0.304. The number of anilines is 1. The number of Topliss-reactive ketones (excluding diaryl/α,β-unsaturated/α-hetero) is 1. The Morgan fingerprint density at radius 2 is 2.00 bits per heavy atom. The highest BCUT2D eigenvalue weighted by Gasteiger charge is 2.48. The van der Waals surface area contributed by atoms with Crippen molar-refractivity contribution < 1.29 is 19.4 Å². The van der Waals surface area contributed by atoms with Gasteiger partial charge in [-0.25, -0.2) is 4.98 Å². The number of benzene rings is 2. The van der Waals surface area contributed by atoms with E-state index in [0.29, 0.717) is 27.7 Å². The number of aliphatic hydroxyl groups is 1. The van der Waals surface area contributed by atoms with Gasteiger partial charge in [0.25, 0.3) is 5.78 Å². The van der Waals surface area contributed by atoms with Crippen LogP contribution in [-0.4, -0.2) is 27.9 Å². The van der Waals surface area contributed by atoms with Gasteiger partial charge in [0.1, 0.15) is 17.6 Å². The molecule has 0 bridgehead atoms. The van der Waals surface area contributed by atoms with Crippen LogP contribution in [0.25, 0.3) is 5.76 Å². The highest BCUT2D eigenvalue weighted by Crippen LogP contribution is 2.44. The van der Waals surface area contributed by atoms with Crippen LogP contribution in [-0.2, 0) is 16.0 Å². The number of ketones is 1. The van der Waals surface area contributed by atoms with Gasteiger partial charge >= 0.3 is 5.91 Å². The molecule has 3 aromatic rings. The Hall–Kier alpha value is -2.87. The number of hydrogen-bond donors (Lipinski definition) is 1. The van der Waals surface area contributed by atoms with Crippen LogP contribution >= 0.6 is 34.5 Å². The third kappa shape index (κ3) is 3.37. The molecule has 0 spiro atoms. The predicted molar refractivity (Wildman–Crippen MR) is 124 cm³/mol. The molecule has 0 unspecified atom stereocenters. The number of carbonyl (C=O) groups excluding carboxylic acids is 2. The lowest BCUT2D eigenvalue weighted by molar-refractivity contribution is -0.132. The highest BCUT2D eigenvalue weighted by atomic mass is 35.5. The summed E-state index contributed by atoms with van der Waals surface area (Å²) in [5, 5.41) is 13.9. The topological polar surface area (TPSA) is 79.7 Å². The Morgan fingerprint density at radius 3 is 2.72 bits per heavy atom. The van der Waals surface area contributed by atoms with E-state index >= 15 is 0 Å². The average molecular weight is 487 g/mol. The third-order valence-corrected chi connectivity index (χ3v) is 7.01. The molecule has 0 saturated carbocycles. The van der Waals surface area contributed by atoms with Crippen molar-refractivity contribution in [3.8, 4) is 5.75 Å². The number of aliphatic hydroxyl groups excluding tert-OH is 1. The molecule has 9 heteroatoms. The van der Waals surface area contributed by atoms with Gasteiger partial charge in [-0.2, -0.15) is 0 Å². The van der Waals surface area contributed by atoms with Gasteiger partial charge in [0.05, 0.1) is 21.7 Å². The number of thiazole rings is 1. The third-order valence-electron chi connectivity index (χ3n) is 5.50. The minimum atomic E-state index is -0.903. The van der Waals surface area contributed by atoms with Crippen LogP contribution in [0.1, 0.15) is 29.7 Å².